The Labute approximate surface area is 125 Å². The topological polar surface area (TPSA) is 46.6 Å². The summed E-state index contributed by atoms with van der Waals surface area (Å²) in [6.45, 7) is 3.64. The van der Waals surface area contributed by atoms with Crippen LogP contribution in [0.5, 0.6) is 0 Å². The number of amides is 1. The van der Waals surface area contributed by atoms with Gasteiger partial charge < -0.3 is 9.64 Å². The molecule has 0 aromatic heterocycles. The van der Waals surface area contributed by atoms with Crippen molar-refractivity contribution in [1.82, 2.24) is 4.90 Å². The lowest BCUT2D eigenvalue weighted by atomic mass is 10.0. The zero-order chi connectivity index (χ0) is 15.2. The molecule has 1 aromatic rings. The summed E-state index contributed by atoms with van der Waals surface area (Å²) >= 11 is 0. The van der Waals surface area contributed by atoms with Gasteiger partial charge in [-0.2, -0.15) is 0 Å². The number of benzene rings is 1. The first-order chi connectivity index (χ1) is 10.2. The number of nitrogens with zero attached hydrogens (tertiary/aromatic N) is 1. The van der Waals surface area contributed by atoms with Crippen molar-refractivity contribution in [3.63, 3.8) is 0 Å². The molecule has 0 aliphatic carbocycles. The van der Waals surface area contributed by atoms with Gasteiger partial charge in [0.25, 0.3) is 0 Å². The average Bonchev–Trinajstić information content (AvgIpc) is 2.97. The molecule has 21 heavy (non-hydrogen) atoms. The molecule has 0 bridgehead atoms. The SMILES string of the molecule is C=CCCC(=O)N1[C@@H](c2ccccc2)CC[C@H]1C(=O)OC. The summed E-state index contributed by atoms with van der Waals surface area (Å²) in [6.07, 6.45) is 4.14. The number of rotatable bonds is 5. The summed E-state index contributed by atoms with van der Waals surface area (Å²) in [7, 11) is 1.37. The molecule has 1 heterocycles. The van der Waals surface area contributed by atoms with E-state index in [9.17, 15) is 9.59 Å². The largest absolute Gasteiger partial charge is 0.467 e. The van der Waals surface area contributed by atoms with Gasteiger partial charge in [0.05, 0.1) is 13.2 Å². The molecule has 2 rings (SSSR count). The van der Waals surface area contributed by atoms with Crippen molar-refractivity contribution in [2.24, 2.45) is 0 Å². The van der Waals surface area contributed by atoms with E-state index in [1.54, 1.807) is 11.0 Å². The Balaban J connectivity index is 2.25. The molecule has 112 valence electrons. The first-order valence-corrected chi connectivity index (χ1v) is 7.24. The van der Waals surface area contributed by atoms with Crippen LogP contribution >= 0.6 is 0 Å². The molecular weight excluding hydrogens is 266 g/mol. The molecule has 1 aliphatic heterocycles. The Kier molecular flexibility index (Phi) is 5.14. The Bertz CT molecular complexity index is 512. The van der Waals surface area contributed by atoms with Crippen LogP contribution in [0.25, 0.3) is 0 Å². The zero-order valence-corrected chi connectivity index (χ0v) is 12.3. The number of esters is 1. The van der Waals surface area contributed by atoms with Gasteiger partial charge in [-0.25, -0.2) is 4.79 Å². The molecule has 0 radical (unpaired) electrons. The van der Waals surface area contributed by atoms with E-state index in [4.69, 9.17) is 4.74 Å². The number of ether oxygens (including phenoxy) is 1. The predicted molar refractivity (Wildman–Crippen MR) is 80.5 cm³/mol. The molecule has 1 amide bonds. The molecular formula is C17H21NO3. The number of hydrogen-bond donors (Lipinski definition) is 0. The summed E-state index contributed by atoms with van der Waals surface area (Å²) < 4.78 is 4.85. The van der Waals surface area contributed by atoms with Crippen LogP contribution in [0.2, 0.25) is 0 Å². The lowest BCUT2D eigenvalue weighted by Crippen LogP contribution is -2.42. The quantitative estimate of drug-likeness (QED) is 0.618. The maximum Gasteiger partial charge on any atom is 0.328 e. The molecule has 1 aliphatic rings. The maximum absolute atomic E-state index is 12.5. The molecule has 2 atom stereocenters. The number of methoxy groups -OCH3 is 1. The van der Waals surface area contributed by atoms with Crippen molar-refractivity contribution < 1.29 is 14.3 Å². The molecule has 0 N–H and O–H groups in total. The summed E-state index contributed by atoms with van der Waals surface area (Å²) in [5, 5.41) is 0. The van der Waals surface area contributed by atoms with Crippen LogP contribution in [0.15, 0.2) is 43.0 Å². The molecule has 0 unspecified atom stereocenters. The van der Waals surface area contributed by atoms with Crippen LogP contribution in [-0.4, -0.2) is 29.9 Å². The van der Waals surface area contributed by atoms with Crippen molar-refractivity contribution in [2.75, 3.05) is 7.11 Å². The Morgan fingerprint density at radius 2 is 2.05 bits per heavy atom. The highest BCUT2D eigenvalue weighted by Gasteiger charge is 2.41. The molecule has 4 nitrogen and oxygen atoms in total. The lowest BCUT2D eigenvalue weighted by molar-refractivity contribution is -0.152. The van der Waals surface area contributed by atoms with Crippen LogP contribution in [0.4, 0.5) is 0 Å². The third-order valence-corrected chi connectivity index (χ3v) is 3.89. The van der Waals surface area contributed by atoms with Crippen LogP contribution < -0.4 is 0 Å². The van der Waals surface area contributed by atoms with E-state index in [-0.39, 0.29) is 17.9 Å². The van der Waals surface area contributed by atoms with Crippen LogP contribution in [-0.2, 0) is 14.3 Å². The molecule has 1 saturated heterocycles. The van der Waals surface area contributed by atoms with Gasteiger partial charge in [0.1, 0.15) is 6.04 Å². The highest BCUT2D eigenvalue weighted by molar-refractivity contribution is 5.85. The van der Waals surface area contributed by atoms with Crippen molar-refractivity contribution in [3.8, 4) is 0 Å². The van der Waals surface area contributed by atoms with Gasteiger partial charge in [-0.1, -0.05) is 36.4 Å². The predicted octanol–water partition coefficient (Wildman–Crippen LogP) is 2.86. The van der Waals surface area contributed by atoms with Gasteiger partial charge in [0, 0.05) is 6.42 Å². The Morgan fingerprint density at radius 1 is 1.33 bits per heavy atom. The molecule has 0 spiro atoms. The molecule has 0 saturated carbocycles. The Hall–Kier alpha value is -2.10. The minimum absolute atomic E-state index is 0.0170. The smallest absolute Gasteiger partial charge is 0.328 e. The molecule has 4 heteroatoms. The minimum atomic E-state index is -0.475. The number of carbonyl (C=O) groups excluding carboxylic acids is 2. The van der Waals surface area contributed by atoms with Crippen LogP contribution in [0, 0.1) is 0 Å². The van der Waals surface area contributed by atoms with Crippen LogP contribution in [0.3, 0.4) is 0 Å². The summed E-state index contributed by atoms with van der Waals surface area (Å²) in [5.41, 5.74) is 1.07. The summed E-state index contributed by atoms with van der Waals surface area (Å²) in [5.74, 6) is -0.350. The third-order valence-electron chi connectivity index (χ3n) is 3.89. The number of carbonyl (C=O) groups is 2. The first-order valence-electron chi connectivity index (χ1n) is 7.24. The van der Waals surface area contributed by atoms with Gasteiger partial charge in [-0.3, -0.25) is 4.79 Å². The van der Waals surface area contributed by atoms with Crippen molar-refractivity contribution in [3.05, 3.63) is 48.6 Å². The fourth-order valence-corrected chi connectivity index (χ4v) is 2.88. The monoisotopic (exact) mass is 287 g/mol. The standard InChI is InChI=1S/C17H21NO3/c1-3-4-10-16(19)18-14(13-8-6-5-7-9-13)11-12-15(18)17(20)21-2/h3,5-9,14-15H,1,4,10-12H2,2H3/t14-,15+/m1/s1. The Morgan fingerprint density at radius 3 is 2.67 bits per heavy atom. The van der Waals surface area contributed by atoms with E-state index in [0.717, 1.165) is 12.0 Å². The first kappa shape index (κ1) is 15.3. The van der Waals surface area contributed by atoms with E-state index < -0.39 is 6.04 Å². The van der Waals surface area contributed by atoms with Gasteiger partial charge in [-0.15, -0.1) is 6.58 Å². The second-order valence-electron chi connectivity index (χ2n) is 5.17. The van der Waals surface area contributed by atoms with E-state index in [1.807, 2.05) is 30.3 Å². The molecule has 1 fully saturated rings. The summed E-state index contributed by atoms with van der Waals surface area (Å²) in [6, 6.07) is 9.32. The van der Waals surface area contributed by atoms with Gasteiger partial charge in [-0.05, 0) is 24.8 Å². The van der Waals surface area contributed by atoms with E-state index in [1.165, 1.54) is 7.11 Å². The molecule has 1 aromatic carbocycles. The average molecular weight is 287 g/mol. The third kappa shape index (κ3) is 3.32. The van der Waals surface area contributed by atoms with E-state index in [2.05, 4.69) is 6.58 Å². The number of likely N-dealkylation sites (tertiary alicyclic amines) is 1. The van der Waals surface area contributed by atoms with Gasteiger partial charge >= 0.3 is 5.97 Å². The van der Waals surface area contributed by atoms with Crippen molar-refractivity contribution >= 4 is 11.9 Å². The second-order valence-corrected chi connectivity index (χ2v) is 5.17. The van der Waals surface area contributed by atoms with Gasteiger partial charge in [0.15, 0.2) is 0 Å². The van der Waals surface area contributed by atoms with E-state index >= 15 is 0 Å². The van der Waals surface area contributed by atoms with Crippen molar-refractivity contribution in [1.29, 1.82) is 0 Å². The number of allylic oxidation sites excluding steroid dienone is 1. The zero-order valence-electron chi connectivity index (χ0n) is 12.3. The lowest BCUT2D eigenvalue weighted by Gasteiger charge is -2.29. The van der Waals surface area contributed by atoms with Crippen molar-refractivity contribution in [2.45, 2.75) is 37.8 Å². The maximum atomic E-state index is 12.5. The highest BCUT2D eigenvalue weighted by atomic mass is 16.5. The normalized spacial score (nSPS) is 21.1. The van der Waals surface area contributed by atoms with E-state index in [0.29, 0.717) is 19.3 Å². The van der Waals surface area contributed by atoms with Gasteiger partial charge in [0.2, 0.25) is 5.91 Å². The fourth-order valence-electron chi connectivity index (χ4n) is 2.88. The summed E-state index contributed by atoms with van der Waals surface area (Å²) in [4.78, 5) is 26.1. The second kappa shape index (κ2) is 7.07. The number of hydrogen-bond acceptors (Lipinski definition) is 3. The minimum Gasteiger partial charge on any atom is -0.467 e. The highest BCUT2D eigenvalue weighted by Crippen LogP contribution is 2.37. The van der Waals surface area contributed by atoms with Crippen LogP contribution in [0.1, 0.15) is 37.3 Å². The fraction of sp³-hybridized carbons (Fsp3) is 0.412.